The van der Waals surface area contributed by atoms with Crippen LogP contribution in [0, 0.1) is 11.8 Å². The SMILES string of the molecule is COCC(N[C@@H](C)C1CCCCCC1)C1CC1. The highest BCUT2D eigenvalue weighted by atomic mass is 16.5. The van der Waals surface area contributed by atoms with Gasteiger partial charge in [-0.15, -0.1) is 0 Å². The third kappa shape index (κ3) is 4.26. The summed E-state index contributed by atoms with van der Waals surface area (Å²) >= 11 is 0. The van der Waals surface area contributed by atoms with E-state index in [2.05, 4.69) is 12.2 Å². The molecule has 2 nitrogen and oxygen atoms in total. The molecule has 2 saturated carbocycles. The van der Waals surface area contributed by atoms with Crippen LogP contribution in [0.15, 0.2) is 0 Å². The molecule has 2 rings (SSSR count). The number of hydrogen-bond donors (Lipinski definition) is 1. The molecule has 0 aliphatic heterocycles. The second kappa shape index (κ2) is 6.75. The van der Waals surface area contributed by atoms with Crippen LogP contribution in [0.4, 0.5) is 0 Å². The summed E-state index contributed by atoms with van der Waals surface area (Å²) in [7, 11) is 1.83. The summed E-state index contributed by atoms with van der Waals surface area (Å²) in [5.74, 6) is 1.79. The Bertz CT molecular complexity index is 207. The maximum Gasteiger partial charge on any atom is 0.0618 e. The van der Waals surface area contributed by atoms with Gasteiger partial charge < -0.3 is 10.1 Å². The predicted octanol–water partition coefficient (Wildman–Crippen LogP) is 3.36. The zero-order valence-electron chi connectivity index (χ0n) is 11.6. The molecule has 0 aromatic carbocycles. The molecule has 1 N–H and O–H groups in total. The molecule has 2 atom stereocenters. The highest BCUT2D eigenvalue weighted by Gasteiger charge is 2.33. The van der Waals surface area contributed by atoms with Crippen molar-refractivity contribution in [3.05, 3.63) is 0 Å². The molecule has 0 amide bonds. The molecule has 0 aromatic heterocycles. The molecule has 0 aromatic rings. The van der Waals surface area contributed by atoms with Crippen LogP contribution in [0.25, 0.3) is 0 Å². The van der Waals surface area contributed by atoms with Gasteiger partial charge in [-0.1, -0.05) is 25.7 Å². The van der Waals surface area contributed by atoms with Crippen LogP contribution in [-0.2, 0) is 4.74 Å². The van der Waals surface area contributed by atoms with Crippen LogP contribution in [0.1, 0.15) is 58.3 Å². The van der Waals surface area contributed by atoms with Crippen molar-refractivity contribution in [3.63, 3.8) is 0 Å². The first-order chi connectivity index (χ1) is 8.31. The van der Waals surface area contributed by atoms with E-state index in [1.54, 1.807) is 0 Å². The lowest BCUT2D eigenvalue weighted by Gasteiger charge is -2.28. The zero-order chi connectivity index (χ0) is 12.1. The first-order valence-corrected chi connectivity index (χ1v) is 7.56. The largest absolute Gasteiger partial charge is 0.383 e. The van der Waals surface area contributed by atoms with Gasteiger partial charge in [-0.25, -0.2) is 0 Å². The highest BCUT2D eigenvalue weighted by Crippen LogP contribution is 2.34. The zero-order valence-corrected chi connectivity index (χ0v) is 11.6. The van der Waals surface area contributed by atoms with E-state index in [9.17, 15) is 0 Å². The second-order valence-electron chi connectivity index (χ2n) is 6.11. The fourth-order valence-electron chi connectivity index (χ4n) is 3.28. The Hall–Kier alpha value is -0.0800. The van der Waals surface area contributed by atoms with E-state index in [1.807, 2.05) is 7.11 Å². The maximum atomic E-state index is 5.36. The quantitative estimate of drug-likeness (QED) is 0.718. The Morgan fingerprint density at radius 1 is 1.00 bits per heavy atom. The second-order valence-corrected chi connectivity index (χ2v) is 6.11. The third-order valence-electron chi connectivity index (χ3n) is 4.62. The van der Waals surface area contributed by atoms with Crippen molar-refractivity contribution in [1.29, 1.82) is 0 Å². The van der Waals surface area contributed by atoms with Gasteiger partial charge in [0.25, 0.3) is 0 Å². The van der Waals surface area contributed by atoms with Gasteiger partial charge in [0.2, 0.25) is 0 Å². The Kier molecular flexibility index (Phi) is 5.30. The van der Waals surface area contributed by atoms with Gasteiger partial charge in [0.15, 0.2) is 0 Å². The summed E-state index contributed by atoms with van der Waals surface area (Å²) in [6.07, 6.45) is 11.4. The molecule has 2 aliphatic carbocycles. The summed E-state index contributed by atoms with van der Waals surface area (Å²) < 4.78 is 5.36. The molecular weight excluding hydrogens is 210 g/mol. The van der Waals surface area contributed by atoms with Crippen LogP contribution in [0.3, 0.4) is 0 Å². The predicted molar refractivity (Wildman–Crippen MR) is 72.2 cm³/mol. The van der Waals surface area contributed by atoms with E-state index in [0.717, 1.165) is 18.4 Å². The molecule has 2 aliphatic rings. The molecule has 1 unspecified atom stereocenters. The van der Waals surface area contributed by atoms with Crippen molar-refractivity contribution in [2.45, 2.75) is 70.4 Å². The summed E-state index contributed by atoms with van der Waals surface area (Å²) in [5, 5.41) is 3.85. The number of hydrogen-bond acceptors (Lipinski definition) is 2. The van der Waals surface area contributed by atoms with Crippen LogP contribution in [0.2, 0.25) is 0 Å². The third-order valence-corrected chi connectivity index (χ3v) is 4.62. The van der Waals surface area contributed by atoms with Gasteiger partial charge in [-0.2, -0.15) is 0 Å². The Morgan fingerprint density at radius 3 is 2.18 bits per heavy atom. The minimum Gasteiger partial charge on any atom is -0.383 e. The Morgan fingerprint density at radius 2 is 1.65 bits per heavy atom. The van der Waals surface area contributed by atoms with E-state index < -0.39 is 0 Å². The average Bonchev–Trinajstić information content (AvgIpc) is 3.15. The summed E-state index contributed by atoms with van der Waals surface area (Å²) in [5.41, 5.74) is 0. The van der Waals surface area contributed by atoms with Crippen molar-refractivity contribution in [3.8, 4) is 0 Å². The summed E-state index contributed by atoms with van der Waals surface area (Å²) in [6.45, 7) is 3.28. The van der Waals surface area contributed by atoms with Gasteiger partial charge in [0, 0.05) is 19.2 Å². The molecule has 100 valence electrons. The standard InChI is InChI=1S/C15H29NO/c1-12(13-7-5-3-4-6-8-13)16-15(11-17-2)14-9-10-14/h12-16H,3-11H2,1-2H3/t12-,15?/m0/s1. The molecular formula is C15H29NO. The average molecular weight is 239 g/mol. The minimum atomic E-state index is 0.609. The lowest BCUT2D eigenvalue weighted by molar-refractivity contribution is 0.144. The van der Waals surface area contributed by atoms with E-state index in [1.165, 1.54) is 51.4 Å². The molecule has 17 heavy (non-hydrogen) atoms. The van der Waals surface area contributed by atoms with Crippen molar-refractivity contribution in [2.75, 3.05) is 13.7 Å². The number of nitrogens with one attached hydrogen (secondary N) is 1. The van der Waals surface area contributed by atoms with Crippen LogP contribution < -0.4 is 5.32 Å². The van der Waals surface area contributed by atoms with E-state index in [0.29, 0.717) is 12.1 Å². The molecule has 0 saturated heterocycles. The fraction of sp³-hybridized carbons (Fsp3) is 1.00. The smallest absolute Gasteiger partial charge is 0.0618 e. The van der Waals surface area contributed by atoms with E-state index in [4.69, 9.17) is 4.74 Å². The van der Waals surface area contributed by atoms with Crippen molar-refractivity contribution in [1.82, 2.24) is 5.32 Å². The fourth-order valence-corrected chi connectivity index (χ4v) is 3.28. The van der Waals surface area contributed by atoms with Crippen LogP contribution in [-0.4, -0.2) is 25.8 Å². The van der Waals surface area contributed by atoms with Crippen LogP contribution in [0.5, 0.6) is 0 Å². The molecule has 2 heteroatoms. The van der Waals surface area contributed by atoms with Gasteiger partial charge in [-0.05, 0) is 44.4 Å². The number of methoxy groups -OCH3 is 1. The summed E-state index contributed by atoms with van der Waals surface area (Å²) in [4.78, 5) is 0. The van der Waals surface area contributed by atoms with Gasteiger partial charge >= 0.3 is 0 Å². The first kappa shape index (κ1) is 13.4. The summed E-state index contributed by atoms with van der Waals surface area (Å²) in [6, 6.07) is 1.28. The minimum absolute atomic E-state index is 0.609. The van der Waals surface area contributed by atoms with Gasteiger partial charge in [0.05, 0.1) is 6.61 Å². The molecule has 0 radical (unpaired) electrons. The Balaban J connectivity index is 1.78. The maximum absolute atomic E-state index is 5.36. The topological polar surface area (TPSA) is 21.3 Å². The Labute approximate surface area is 107 Å². The highest BCUT2D eigenvalue weighted by molar-refractivity contribution is 4.89. The first-order valence-electron chi connectivity index (χ1n) is 7.56. The van der Waals surface area contributed by atoms with Gasteiger partial charge in [0.1, 0.15) is 0 Å². The molecule has 0 heterocycles. The molecule has 0 spiro atoms. The number of ether oxygens (including phenoxy) is 1. The van der Waals surface area contributed by atoms with Crippen molar-refractivity contribution < 1.29 is 4.74 Å². The number of rotatable bonds is 6. The van der Waals surface area contributed by atoms with Gasteiger partial charge in [-0.3, -0.25) is 0 Å². The normalized spacial score (nSPS) is 26.5. The lowest BCUT2D eigenvalue weighted by Crippen LogP contribution is -2.44. The molecule has 0 bridgehead atoms. The van der Waals surface area contributed by atoms with E-state index in [-0.39, 0.29) is 0 Å². The van der Waals surface area contributed by atoms with E-state index >= 15 is 0 Å². The molecule has 2 fully saturated rings. The monoisotopic (exact) mass is 239 g/mol. The van der Waals surface area contributed by atoms with Crippen LogP contribution >= 0.6 is 0 Å². The lowest BCUT2D eigenvalue weighted by atomic mass is 9.92. The van der Waals surface area contributed by atoms with Crippen molar-refractivity contribution in [2.24, 2.45) is 11.8 Å². The van der Waals surface area contributed by atoms with Crippen molar-refractivity contribution >= 4 is 0 Å².